The standard InChI is InChI=1S/C19H32N2O2/c1-13-11-15(3)17(12-14(13)2)16(4)20-9-8-10-21-18(22)23-19(5,6)7/h11-12,16,20H,8-10H2,1-7H3,(H,21,22). The number of carbonyl (C=O) groups is 1. The van der Waals surface area contributed by atoms with Crippen molar-refractivity contribution in [3.63, 3.8) is 0 Å². The van der Waals surface area contributed by atoms with Gasteiger partial charge < -0.3 is 15.4 Å². The van der Waals surface area contributed by atoms with Crippen molar-refractivity contribution in [3.8, 4) is 0 Å². The second kappa shape index (κ2) is 8.34. The number of amides is 1. The Morgan fingerprint density at radius 3 is 2.30 bits per heavy atom. The molecule has 1 amide bonds. The summed E-state index contributed by atoms with van der Waals surface area (Å²) in [4.78, 5) is 11.5. The van der Waals surface area contributed by atoms with Crippen LogP contribution in [0.15, 0.2) is 12.1 Å². The van der Waals surface area contributed by atoms with Crippen LogP contribution in [0.1, 0.15) is 62.4 Å². The summed E-state index contributed by atoms with van der Waals surface area (Å²) in [7, 11) is 0. The van der Waals surface area contributed by atoms with Gasteiger partial charge >= 0.3 is 6.09 Å². The molecule has 1 aromatic rings. The fourth-order valence-electron chi connectivity index (χ4n) is 2.47. The average Bonchev–Trinajstić information content (AvgIpc) is 2.40. The van der Waals surface area contributed by atoms with Crippen LogP contribution in [0.2, 0.25) is 0 Å². The number of nitrogens with one attached hydrogen (secondary N) is 2. The Labute approximate surface area is 141 Å². The molecule has 1 unspecified atom stereocenters. The zero-order chi connectivity index (χ0) is 17.6. The molecule has 0 radical (unpaired) electrons. The topological polar surface area (TPSA) is 50.4 Å². The molecule has 1 atom stereocenters. The van der Waals surface area contributed by atoms with Gasteiger partial charge in [0.2, 0.25) is 0 Å². The number of carbonyl (C=O) groups excluding carboxylic acids is 1. The first-order valence-corrected chi connectivity index (χ1v) is 8.38. The van der Waals surface area contributed by atoms with Crippen LogP contribution in [0.25, 0.3) is 0 Å². The Morgan fingerprint density at radius 1 is 1.09 bits per heavy atom. The molecule has 1 aromatic carbocycles. The van der Waals surface area contributed by atoms with Crippen LogP contribution in [0.3, 0.4) is 0 Å². The van der Waals surface area contributed by atoms with Crippen molar-refractivity contribution in [2.75, 3.05) is 13.1 Å². The quantitative estimate of drug-likeness (QED) is 0.773. The van der Waals surface area contributed by atoms with Gasteiger partial charge in [-0.15, -0.1) is 0 Å². The van der Waals surface area contributed by atoms with E-state index in [9.17, 15) is 4.79 Å². The number of hydrogen-bond donors (Lipinski definition) is 2. The predicted molar refractivity (Wildman–Crippen MR) is 95.9 cm³/mol. The van der Waals surface area contributed by atoms with Crippen molar-refractivity contribution < 1.29 is 9.53 Å². The molecule has 1 rings (SSSR count). The average molecular weight is 320 g/mol. The Hall–Kier alpha value is -1.55. The van der Waals surface area contributed by atoms with Gasteiger partial charge in [0.15, 0.2) is 0 Å². The Morgan fingerprint density at radius 2 is 1.70 bits per heavy atom. The molecule has 0 spiro atoms. The lowest BCUT2D eigenvalue weighted by Gasteiger charge is -2.20. The lowest BCUT2D eigenvalue weighted by atomic mass is 9.96. The summed E-state index contributed by atoms with van der Waals surface area (Å²) in [5.74, 6) is 0. The van der Waals surface area contributed by atoms with Crippen LogP contribution < -0.4 is 10.6 Å². The molecular weight excluding hydrogens is 288 g/mol. The second-order valence-corrected chi connectivity index (χ2v) is 7.25. The van der Waals surface area contributed by atoms with Gasteiger partial charge in [-0.2, -0.15) is 0 Å². The first kappa shape index (κ1) is 19.5. The van der Waals surface area contributed by atoms with E-state index in [-0.39, 0.29) is 6.09 Å². The van der Waals surface area contributed by atoms with E-state index in [1.165, 1.54) is 22.3 Å². The largest absolute Gasteiger partial charge is 0.444 e. The van der Waals surface area contributed by atoms with E-state index in [0.717, 1.165) is 13.0 Å². The molecule has 0 aromatic heterocycles. The van der Waals surface area contributed by atoms with E-state index in [1.807, 2.05) is 20.8 Å². The first-order valence-electron chi connectivity index (χ1n) is 8.38. The molecule has 0 saturated heterocycles. The van der Waals surface area contributed by atoms with Gasteiger partial charge in [0.1, 0.15) is 5.60 Å². The third-order valence-electron chi connectivity index (χ3n) is 3.82. The third kappa shape index (κ3) is 7.04. The summed E-state index contributed by atoms with van der Waals surface area (Å²) in [6.07, 6.45) is 0.517. The minimum Gasteiger partial charge on any atom is -0.444 e. The number of ether oxygens (including phenoxy) is 1. The van der Waals surface area contributed by atoms with Crippen molar-refractivity contribution in [3.05, 3.63) is 34.4 Å². The van der Waals surface area contributed by atoms with E-state index in [4.69, 9.17) is 4.74 Å². The smallest absolute Gasteiger partial charge is 0.407 e. The summed E-state index contributed by atoms with van der Waals surface area (Å²) < 4.78 is 5.20. The van der Waals surface area contributed by atoms with Gasteiger partial charge in [-0.3, -0.25) is 0 Å². The van der Waals surface area contributed by atoms with Crippen LogP contribution >= 0.6 is 0 Å². The summed E-state index contributed by atoms with van der Waals surface area (Å²) in [6.45, 7) is 15.7. The highest BCUT2D eigenvalue weighted by molar-refractivity contribution is 5.67. The van der Waals surface area contributed by atoms with E-state index >= 15 is 0 Å². The maximum absolute atomic E-state index is 11.5. The highest BCUT2D eigenvalue weighted by Gasteiger charge is 2.15. The molecule has 4 nitrogen and oxygen atoms in total. The molecule has 2 N–H and O–H groups in total. The zero-order valence-electron chi connectivity index (χ0n) is 15.7. The monoisotopic (exact) mass is 320 g/mol. The molecule has 0 aliphatic heterocycles. The van der Waals surface area contributed by atoms with E-state index < -0.39 is 5.60 Å². The van der Waals surface area contributed by atoms with Crippen molar-refractivity contribution in [1.82, 2.24) is 10.6 Å². The van der Waals surface area contributed by atoms with Crippen molar-refractivity contribution in [2.24, 2.45) is 0 Å². The molecule has 4 heteroatoms. The maximum atomic E-state index is 11.5. The minimum absolute atomic E-state index is 0.302. The Balaban J connectivity index is 2.34. The lowest BCUT2D eigenvalue weighted by Crippen LogP contribution is -2.34. The van der Waals surface area contributed by atoms with Crippen LogP contribution in [-0.2, 0) is 4.74 Å². The molecule has 0 bridgehead atoms. The van der Waals surface area contributed by atoms with E-state index in [2.05, 4.69) is 50.5 Å². The van der Waals surface area contributed by atoms with Crippen molar-refractivity contribution in [2.45, 2.75) is 66.5 Å². The van der Waals surface area contributed by atoms with Crippen molar-refractivity contribution in [1.29, 1.82) is 0 Å². The number of alkyl carbamates (subject to hydrolysis) is 1. The second-order valence-electron chi connectivity index (χ2n) is 7.25. The highest BCUT2D eigenvalue weighted by atomic mass is 16.6. The lowest BCUT2D eigenvalue weighted by molar-refractivity contribution is 0.0527. The molecular formula is C19H32N2O2. The van der Waals surface area contributed by atoms with Gasteiger partial charge in [-0.05, 0) is 83.7 Å². The molecule has 130 valence electrons. The molecule has 0 fully saturated rings. The molecule has 0 aliphatic carbocycles. The summed E-state index contributed by atoms with van der Waals surface area (Å²) in [6, 6.07) is 4.81. The van der Waals surface area contributed by atoms with E-state index in [1.54, 1.807) is 0 Å². The van der Waals surface area contributed by atoms with Crippen molar-refractivity contribution >= 4 is 6.09 Å². The summed E-state index contributed by atoms with van der Waals surface area (Å²) in [5, 5.41) is 6.30. The maximum Gasteiger partial charge on any atom is 0.407 e. The van der Waals surface area contributed by atoms with Gasteiger partial charge in [0, 0.05) is 12.6 Å². The van der Waals surface area contributed by atoms with Gasteiger partial charge in [-0.25, -0.2) is 4.79 Å². The minimum atomic E-state index is -0.447. The Kier molecular flexibility index (Phi) is 7.07. The highest BCUT2D eigenvalue weighted by Crippen LogP contribution is 2.21. The number of aryl methyl sites for hydroxylation is 3. The fourth-order valence-corrected chi connectivity index (χ4v) is 2.47. The Bertz CT molecular complexity index is 533. The predicted octanol–water partition coefficient (Wildman–Crippen LogP) is 4.18. The zero-order valence-corrected chi connectivity index (χ0v) is 15.7. The van der Waals surface area contributed by atoms with Crippen LogP contribution in [0.5, 0.6) is 0 Å². The molecule has 23 heavy (non-hydrogen) atoms. The number of rotatable bonds is 6. The SMILES string of the molecule is Cc1cc(C)c(C(C)NCCCNC(=O)OC(C)(C)C)cc1C. The van der Waals surface area contributed by atoms with Gasteiger partial charge in [-0.1, -0.05) is 12.1 Å². The normalized spacial score (nSPS) is 12.8. The van der Waals surface area contributed by atoms with Crippen LogP contribution in [0, 0.1) is 20.8 Å². The first-order chi connectivity index (χ1) is 10.6. The van der Waals surface area contributed by atoms with Crippen LogP contribution in [0.4, 0.5) is 4.79 Å². The van der Waals surface area contributed by atoms with Gasteiger partial charge in [0.05, 0.1) is 0 Å². The number of benzene rings is 1. The third-order valence-corrected chi connectivity index (χ3v) is 3.82. The number of hydrogen-bond acceptors (Lipinski definition) is 3. The molecule has 0 heterocycles. The van der Waals surface area contributed by atoms with Crippen LogP contribution in [-0.4, -0.2) is 24.8 Å². The molecule has 0 aliphatic rings. The van der Waals surface area contributed by atoms with Gasteiger partial charge in [0.25, 0.3) is 0 Å². The summed E-state index contributed by atoms with van der Waals surface area (Å²) >= 11 is 0. The molecule has 0 saturated carbocycles. The summed E-state index contributed by atoms with van der Waals surface area (Å²) in [5.41, 5.74) is 4.87. The van der Waals surface area contributed by atoms with E-state index in [0.29, 0.717) is 12.6 Å². The fraction of sp³-hybridized carbons (Fsp3) is 0.632.